The van der Waals surface area contributed by atoms with E-state index in [1.54, 1.807) is 4.57 Å². The second kappa shape index (κ2) is 3.46. The second-order valence-electron chi connectivity index (χ2n) is 4.07. The van der Waals surface area contributed by atoms with E-state index in [1.165, 1.54) is 0 Å². The van der Waals surface area contributed by atoms with E-state index < -0.39 is 0 Å². The number of aromatic amines is 1. The molecule has 2 aliphatic heterocycles. The summed E-state index contributed by atoms with van der Waals surface area (Å²) >= 11 is 0. The van der Waals surface area contributed by atoms with Crippen molar-refractivity contribution in [2.24, 2.45) is 0 Å². The molecule has 82 valence electrons. The molecule has 0 unspecified atom stereocenters. The maximum Gasteiger partial charge on any atom is 0.343 e. The Labute approximate surface area is 86.6 Å². The Hall–Kier alpha value is -1.14. The lowest BCUT2D eigenvalue weighted by Gasteiger charge is -2.29. The first-order chi connectivity index (χ1) is 7.36. The fourth-order valence-electron chi connectivity index (χ4n) is 2.13. The van der Waals surface area contributed by atoms with Gasteiger partial charge in [0, 0.05) is 19.7 Å². The van der Waals surface area contributed by atoms with Crippen molar-refractivity contribution in [2.75, 3.05) is 19.7 Å². The Morgan fingerprint density at radius 1 is 1.47 bits per heavy atom. The minimum atomic E-state index is -0.119. The minimum absolute atomic E-state index is 0.00421. The van der Waals surface area contributed by atoms with Crippen molar-refractivity contribution >= 4 is 0 Å². The monoisotopic (exact) mass is 210 g/mol. The van der Waals surface area contributed by atoms with Crippen LogP contribution in [0.3, 0.4) is 0 Å². The van der Waals surface area contributed by atoms with E-state index in [1.807, 2.05) is 0 Å². The first-order valence-corrected chi connectivity index (χ1v) is 5.35. The van der Waals surface area contributed by atoms with Crippen molar-refractivity contribution in [3.8, 4) is 0 Å². The Morgan fingerprint density at radius 2 is 2.33 bits per heavy atom. The van der Waals surface area contributed by atoms with Gasteiger partial charge in [0.2, 0.25) is 0 Å². The lowest BCUT2D eigenvalue weighted by atomic mass is 10.1. The van der Waals surface area contributed by atoms with E-state index in [4.69, 9.17) is 4.74 Å². The van der Waals surface area contributed by atoms with Crippen LogP contribution in [0.5, 0.6) is 0 Å². The summed E-state index contributed by atoms with van der Waals surface area (Å²) in [5, 5.41) is 9.74. The van der Waals surface area contributed by atoms with Crippen molar-refractivity contribution in [1.29, 1.82) is 0 Å². The first kappa shape index (κ1) is 9.11. The molecule has 15 heavy (non-hydrogen) atoms. The number of aromatic nitrogens is 3. The molecule has 0 aromatic carbocycles. The largest absolute Gasteiger partial charge is 0.370 e. The van der Waals surface area contributed by atoms with Crippen molar-refractivity contribution < 1.29 is 4.74 Å². The van der Waals surface area contributed by atoms with Crippen LogP contribution in [0.2, 0.25) is 0 Å². The number of nitrogens with one attached hydrogen (secondary N) is 2. The third kappa shape index (κ3) is 1.40. The van der Waals surface area contributed by atoms with Gasteiger partial charge in [-0.2, -0.15) is 5.10 Å². The number of ether oxygens (including phenoxy) is 1. The number of hydrogen-bond acceptors (Lipinski definition) is 4. The molecule has 0 saturated carbocycles. The molecule has 1 aromatic rings. The van der Waals surface area contributed by atoms with Gasteiger partial charge in [-0.05, 0) is 12.8 Å². The maximum absolute atomic E-state index is 11.6. The highest BCUT2D eigenvalue weighted by molar-refractivity contribution is 4.99. The van der Waals surface area contributed by atoms with E-state index >= 15 is 0 Å². The summed E-state index contributed by atoms with van der Waals surface area (Å²) in [5.74, 6) is 0.768. The molecule has 2 saturated heterocycles. The van der Waals surface area contributed by atoms with Crippen LogP contribution in [0, 0.1) is 0 Å². The lowest BCUT2D eigenvalue weighted by molar-refractivity contribution is 0.0980. The van der Waals surface area contributed by atoms with Crippen LogP contribution in [0.1, 0.15) is 30.8 Å². The summed E-state index contributed by atoms with van der Waals surface area (Å²) in [6.45, 7) is 2.47. The molecule has 0 aliphatic carbocycles. The van der Waals surface area contributed by atoms with Crippen LogP contribution in [0.4, 0.5) is 0 Å². The van der Waals surface area contributed by atoms with Crippen LogP contribution in [-0.2, 0) is 4.74 Å². The zero-order valence-corrected chi connectivity index (χ0v) is 8.40. The third-order valence-electron chi connectivity index (χ3n) is 3.07. The van der Waals surface area contributed by atoms with Gasteiger partial charge in [-0.3, -0.25) is 4.57 Å². The van der Waals surface area contributed by atoms with E-state index in [0.29, 0.717) is 0 Å². The quantitative estimate of drug-likeness (QED) is 0.694. The first-order valence-electron chi connectivity index (χ1n) is 5.35. The standard InChI is InChI=1S/C9H14N4O2/c14-9-12-11-8(7-2-1-3-15-7)13(9)6-4-10-5-6/h6-7,10H,1-5H2,(H,12,14)/t7-/m1/s1. The van der Waals surface area contributed by atoms with E-state index in [-0.39, 0.29) is 17.8 Å². The molecule has 3 heterocycles. The van der Waals surface area contributed by atoms with Crippen LogP contribution >= 0.6 is 0 Å². The summed E-state index contributed by atoms with van der Waals surface area (Å²) in [5.41, 5.74) is -0.119. The highest BCUT2D eigenvalue weighted by Crippen LogP contribution is 2.27. The number of hydrogen-bond donors (Lipinski definition) is 2. The molecule has 1 aromatic heterocycles. The molecule has 0 amide bonds. The average Bonchev–Trinajstić information content (AvgIpc) is 2.74. The van der Waals surface area contributed by atoms with Crippen LogP contribution in [0.25, 0.3) is 0 Å². The zero-order valence-electron chi connectivity index (χ0n) is 8.40. The molecule has 0 spiro atoms. The van der Waals surface area contributed by atoms with Crippen molar-refractivity contribution in [2.45, 2.75) is 25.0 Å². The van der Waals surface area contributed by atoms with E-state index in [2.05, 4.69) is 15.5 Å². The fourth-order valence-corrected chi connectivity index (χ4v) is 2.13. The average molecular weight is 210 g/mol. The predicted molar refractivity (Wildman–Crippen MR) is 52.7 cm³/mol. The topological polar surface area (TPSA) is 71.9 Å². The summed E-state index contributed by atoms with van der Waals surface area (Å²) in [6.07, 6.45) is 2.02. The Morgan fingerprint density at radius 3 is 2.93 bits per heavy atom. The van der Waals surface area contributed by atoms with Gasteiger partial charge in [-0.15, -0.1) is 0 Å². The molecular formula is C9H14N4O2. The number of nitrogens with zero attached hydrogens (tertiary/aromatic N) is 2. The molecule has 2 N–H and O–H groups in total. The molecule has 0 bridgehead atoms. The SMILES string of the molecule is O=c1[nH]nc([C@H]2CCCO2)n1C1CNC1. The second-order valence-corrected chi connectivity index (χ2v) is 4.07. The van der Waals surface area contributed by atoms with Gasteiger partial charge >= 0.3 is 5.69 Å². The minimum Gasteiger partial charge on any atom is -0.370 e. The molecule has 2 aliphatic rings. The summed E-state index contributed by atoms with van der Waals surface area (Å²) in [7, 11) is 0. The summed E-state index contributed by atoms with van der Waals surface area (Å²) < 4.78 is 7.29. The highest BCUT2D eigenvalue weighted by atomic mass is 16.5. The predicted octanol–water partition coefficient (Wildman–Crippen LogP) is -0.433. The van der Waals surface area contributed by atoms with Crippen LogP contribution < -0.4 is 11.0 Å². The smallest absolute Gasteiger partial charge is 0.343 e. The van der Waals surface area contributed by atoms with Gasteiger partial charge in [-0.1, -0.05) is 0 Å². The molecule has 6 nitrogen and oxygen atoms in total. The molecule has 0 radical (unpaired) electrons. The van der Waals surface area contributed by atoms with Gasteiger partial charge in [-0.25, -0.2) is 9.89 Å². The van der Waals surface area contributed by atoms with Crippen molar-refractivity contribution in [3.05, 3.63) is 16.3 Å². The lowest BCUT2D eigenvalue weighted by Crippen LogP contribution is -2.47. The van der Waals surface area contributed by atoms with Gasteiger partial charge in [0.1, 0.15) is 6.10 Å². The molecule has 6 heteroatoms. The maximum atomic E-state index is 11.6. The Kier molecular flexibility index (Phi) is 2.10. The normalized spacial score (nSPS) is 26.8. The Bertz CT molecular complexity index is 400. The summed E-state index contributed by atoms with van der Waals surface area (Å²) in [4.78, 5) is 11.6. The third-order valence-corrected chi connectivity index (χ3v) is 3.07. The van der Waals surface area contributed by atoms with E-state index in [0.717, 1.165) is 38.4 Å². The van der Waals surface area contributed by atoms with Gasteiger partial charge in [0.15, 0.2) is 5.82 Å². The summed E-state index contributed by atoms with van der Waals surface area (Å²) in [6, 6.07) is 0.246. The fraction of sp³-hybridized carbons (Fsp3) is 0.778. The molecule has 2 fully saturated rings. The van der Waals surface area contributed by atoms with Gasteiger partial charge < -0.3 is 10.1 Å². The zero-order chi connectivity index (χ0) is 10.3. The highest BCUT2D eigenvalue weighted by Gasteiger charge is 2.30. The van der Waals surface area contributed by atoms with E-state index in [9.17, 15) is 4.79 Å². The van der Waals surface area contributed by atoms with Crippen LogP contribution in [0.15, 0.2) is 4.79 Å². The van der Waals surface area contributed by atoms with Crippen molar-refractivity contribution in [3.63, 3.8) is 0 Å². The molecular weight excluding hydrogens is 196 g/mol. The molecule has 1 atom stereocenters. The number of H-pyrrole nitrogens is 1. The van der Waals surface area contributed by atoms with Gasteiger partial charge in [0.25, 0.3) is 0 Å². The van der Waals surface area contributed by atoms with Crippen molar-refractivity contribution in [1.82, 2.24) is 20.1 Å². The Balaban J connectivity index is 1.95. The van der Waals surface area contributed by atoms with Gasteiger partial charge in [0.05, 0.1) is 6.04 Å². The van der Waals surface area contributed by atoms with Crippen LogP contribution in [-0.4, -0.2) is 34.5 Å². The molecule has 3 rings (SSSR count). The number of rotatable bonds is 2.